The van der Waals surface area contributed by atoms with Gasteiger partial charge in [0.15, 0.2) is 0 Å². The first-order chi connectivity index (χ1) is 15.6. The number of hydrogen-bond acceptors (Lipinski definition) is 6. The van der Waals surface area contributed by atoms with Crippen LogP contribution in [0.2, 0.25) is 0 Å². The van der Waals surface area contributed by atoms with Crippen molar-refractivity contribution in [3.8, 4) is 11.4 Å². The van der Waals surface area contributed by atoms with E-state index in [0.29, 0.717) is 30.2 Å². The second kappa shape index (κ2) is 10.4. The third kappa shape index (κ3) is 5.70. The highest BCUT2D eigenvalue weighted by Gasteiger charge is 2.21. The van der Waals surface area contributed by atoms with Gasteiger partial charge < -0.3 is 14.7 Å². The van der Waals surface area contributed by atoms with Crippen molar-refractivity contribution in [1.29, 1.82) is 0 Å². The number of rotatable bonds is 8. The lowest BCUT2D eigenvalue weighted by atomic mass is 10.2. The minimum absolute atomic E-state index is 0.0405. The van der Waals surface area contributed by atoms with Gasteiger partial charge in [0.2, 0.25) is 17.6 Å². The second-order valence-corrected chi connectivity index (χ2v) is 8.03. The van der Waals surface area contributed by atoms with Crippen LogP contribution in [0.25, 0.3) is 11.4 Å². The van der Waals surface area contributed by atoms with Gasteiger partial charge in [0.05, 0.1) is 0 Å². The number of aryl methyl sites for hydroxylation is 1. The van der Waals surface area contributed by atoms with Gasteiger partial charge in [-0.2, -0.15) is 4.98 Å². The highest BCUT2D eigenvalue weighted by atomic mass is 19.1. The summed E-state index contributed by atoms with van der Waals surface area (Å²) < 4.78 is 18.3. The molecule has 0 spiro atoms. The minimum Gasteiger partial charge on any atom is -0.369 e. The normalized spacial score (nSPS) is 15.5. The Kier molecular flexibility index (Phi) is 7.11. The zero-order valence-electron chi connectivity index (χ0n) is 18.2. The van der Waals surface area contributed by atoms with Crippen LogP contribution in [0.15, 0.2) is 59.1 Å². The standard InChI is InChI=1S/C24H28FN5O2/c1-18(29-13-15-30(16-14-29)21-5-3-2-4-6-21)17-26-22(31)11-12-23-27-24(28-32-23)19-7-9-20(25)10-8-19/h2-10,18H,11-17H2,1H3,(H,26,31). The number of amides is 1. The highest BCUT2D eigenvalue weighted by molar-refractivity contribution is 5.76. The Hall–Kier alpha value is -3.26. The molecule has 3 aromatic rings. The van der Waals surface area contributed by atoms with E-state index in [1.165, 1.54) is 17.8 Å². The monoisotopic (exact) mass is 437 g/mol. The third-order valence-corrected chi connectivity index (χ3v) is 5.79. The van der Waals surface area contributed by atoms with Crippen LogP contribution in [0.4, 0.5) is 10.1 Å². The molecule has 0 saturated carbocycles. The van der Waals surface area contributed by atoms with Crippen molar-refractivity contribution in [2.24, 2.45) is 0 Å². The van der Waals surface area contributed by atoms with Gasteiger partial charge in [0.25, 0.3) is 0 Å². The third-order valence-electron chi connectivity index (χ3n) is 5.79. The predicted molar refractivity (Wildman–Crippen MR) is 121 cm³/mol. The van der Waals surface area contributed by atoms with Crippen LogP contribution in [0.1, 0.15) is 19.2 Å². The minimum atomic E-state index is -0.318. The van der Waals surface area contributed by atoms with E-state index in [1.54, 1.807) is 12.1 Å². The molecule has 1 aromatic heterocycles. The van der Waals surface area contributed by atoms with E-state index in [-0.39, 0.29) is 24.2 Å². The molecule has 1 N–H and O–H groups in total. The Balaban J connectivity index is 1.17. The largest absolute Gasteiger partial charge is 0.369 e. The predicted octanol–water partition coefficient (Wildman–Crippen LogP) is 3.14. The first kappa shape index (κ1) is 22.0. The van der Waals surface area contributed by atoms with Crippen molar-refractivity contribution in [3.63, 3.8) is 0 Å². The summed E-state index contributed by atoms with van der Waals surface area (Å²) in [5.41, 5.74) is 1.93. The number of carbonyl (C=O) groups is 1. The molecule has 0 bridgehead atoms. The van der Waals surface area contributed by atoms with E-state index in [2.05, 4.69) is 56.4 Å². The molecule has 1 saturated heterocycles. The lowest BCUT2D eigenvalue weighted by Gasteiger charge is -2.39. The van der Waals surface area contributed by atoms with Crippen molar-refractivity contribution >= 4 is 11.6 Å². The SMILES string of the molecule is CC(CNC(=O)CCc1nc(-c2ccc(F)cc2)no1)N1CCN(c2ccccc2)CC1. The highest BCUT2D eigenvalue weighted by Crippen LogP contribution is 2.17. The van der Waals surface area contributed by atoms with Crippen LogP contribution in [-0.2, 0) is 11.2 Å². The average Bonchev–Trinajstić information content (AvgIpc) is 3.31. The Bertz CT molecular complexity index is 1000. The molecule has 0 aliphatic carbocycles. The van der Waals surface area contributed by atoms with Crippen molar-refractivity contribution in [1.82, 2.24) is 20.4 Å². The van der Waals surface area contributed by atoms with Gasteiger partial charge in [0.1, 0.15) is 5.82 Å². The van der Waals surface area contributed by atoms with Gasteiger partial charge >= 0.3 is 0 Å². The molecule has 2 heterocycles. The van der Waals surface area contributed by atoms with Crippen LogP contribution in [0, 0.1) is 5.82 Å². The molecule has 7 nitrogen and oxygen atoms in total. The molecule has 0 radical (unpaired) electrons. The fraction of sp³-hybridized carbons (Fsp3) is 0.375. The summed E-state index contributed by atoms with van der Waals surface area (Å²) in [5, 5.41) is 6.92. The Morgan fingerprint density at radius 3 is 2.53 bits per heavy atom. The second-order valence-electron chi connectivity index (χ2n) is 8.03. The van der Waals surface area contributed by atoms with E-state index in [9.17, 15) is 9.18 Å². The number of anilines is 1. The summed E-state index contributed by atoms with van der Waals surface area (Å²) >= 11 is 0. The summed E-state index contributed by atoms with van der Waals surface area (Å²) in [4.78, 5) is 21.4. The molecular weight excluding hydrogens is 409 g/mol. The van der Waals surface area contributed by atoms with E-state index >= 15 is 0 Å². The van der Waals surface area contributed by atoms with Gasteiger partial charge in [-0.3, -0.25) is 9.69 Å². The van der Waals surface area contributed by atoms with Crippen LogP contribution in [-0.4, -0.2) is 59.7 Å². The van der Waals surface area contributed by atoms with Crippen molar-refractivity contribution < 1.29 is 13.7 Å². The van der Waals surface area contributed by atoms with E-state index < -0.39 is 0 Å². The molecule has 1 fully saturated rings. The number of halogens is 1. The number of hydrogen-bond donors (Lipinski definition) is 1. The number of piperazine rings is 1. The fourth-order valence-electron chi connectivity index (χ4n) is 3.83. The average molecular weight is 438 g/mol. The first-order valence-corrected chi connectivity index (χ1v) is 11.0. The van der Waals surface area contributed by atoms with Gasteiger partial charge in [0, 0.05) is 62.9 Å². The Morgan fingerprint density at radius 1 is 1.09 bits per heavy atom. The van der Waals surface area contributed by atoms with E-state index in [1.807, 2.05) is 6.07 Å². The van der Waals surface area contributed by atoms with Crippen molar-refractivity contribution in [3.05, 3.63) is 66.3 Å². The maximum absolute atomic E-state index is 13.0. The first-order valence-electron chi connectivity index (χ1n) is 11.0. The molecule has 1 unspecified atom stereocenters. The Labute approximate surface area is 187 Å². The summed E-state index contributed by atoms with van der Waals surface area (Å²) in [5.74, 6) is 0.427. The topological polar surface area (TPSA) is 74.5 Å². The molecule has 4 rings (SSSR count). The van der Waals surface area contributed by atoms with Crippen LogP contribution >= 0.6 is 0 Å². The summed E-state index contributed by atoms with van der Waals surface area (Å²) in [7, 11) is 0. The number of para-hydroxylation sites is 1. The Morgan fingerprint density at radius 2 is 1.81 bits per heavy atom. The van der Waals surface area contributed by atoms with Crippen LogP contribution < -0.4 is 10.2 Å². The number of benzene rings is 2. The zero-order valence-corrected chi connectivity index (χ0v) is 18.2. The van der Waals surface area contributed by atoms with Gasteiger partial charge in [-0.15, -0.1) is 0 Å². The molecule has 1 aliphatic rings. The van der Waals surface area contributed by atoms with Gasteiger partial charge in [-0.1, -0.05) is 23.4 Å². The van der Waals surface area contributed by atoms with Crippen molar-refractivity contribution in [2.45, 2.75) is 25.8 Å². The lowest BCUT2D eigenvalue weighted by Crippen LogP contribution is -2.52. The molecule has 1 aliphatic heterocycles. The maximum atomic E-state index is 13.0. The zero-order chi connectivity index (χ0) is 22.3. The summed E-state index contributed by atoms with van der Waals surface area (Å²) in [6, 6.07) is 16.6. The van der Waals surface area contributed by atoms with Gasteiger partial charge in [-0.05, 0) is 43.3 Å². The molecular formula is C24H28FN5O2. The molecule has 32 heavy (non-hydrogen) atoms. The number of carbonyl (C=O) groups excluding carboxylic acids is 1. The number of nitrogens with zero attached hydrogens (tertiary/aromatic N) is 4. The maximum Gasteiger partial charge on any atom is 0.227 e. The number of nitrogens with one attached hydrogen (secondary N) is 1. The van der Waals surface area contributed by atoms with Gasteiger partial charge in [-0.25, -0.2) is 4.39 Å². The quantitative estimate of drug-likeness (QED) is 0.584. The van der Waals surface area contributed by atoms with Crippen LogP contribution in [0.5, 0.6) is 0 Å². The summed E-state index contributed by atoms with van der Waals surface area (Å²) in [6.45, 7) is 6.66. The van der Waals surface area contributed by atoms with Crippen molar-refractivity contribution in [2.75, 3.05) is 37.6 Å². The molecule has 1 atom stereocenters. The molecule has 2 aromatic carbocycles. The fourth-order valence-corrected chi connectivity index (χ4v) is 3.83. The van der Waals surface area contributed by atoms with Crippen LogP contribution in [0.3, 0.4) is 0 Å². The smallest absolute Gasteiger partial charge is 0.227 e. The molecule has 168 valence electrons. The summed E-state index contributed by atoms with van der Waals surface area (Å²) in [6.07, 6.45) is 0.643. The van der Waals surface area contributed by atoms with E-state index in [4.69, 9.17) is 4.52 Å². The van der Waals surface area contributed by atoms with E-state index in [0.717, 1.165) is 26.2 Å². The number of aromatic nitrogens is 2. The molecule has 8 heteroatoms. The lowest BCUT2D eigenvalue weighted by molar-refractivity contribution is -0.121. The molecule has 1 amide bonds.